The van der Waals surface area contributed by atoms with Crippen LogP contribution in [0.3, 0.4) is 0 Å². The van der Waals surface area contributed by atoms with E-state index >= 15 is 0 Å². The Labute approximate surface area is 112 Å². The molecule has 0 aliphatic rings. The fourth-order valence-corrected chi connectivity index (χ4v) is 2.43. The number of halogens is 3. The molecule has 19 heavy (non-hydrogen) atoms. The Morgan fingerprint density at radius 1 is 1.42 bits per heavy atom. The first-order valence-electron chi connectivity index (χ1n) is 5.83. The lowest BCUT2D eigenvalue weighted by Crippen LogP contribution is -2.13. The Hall–Kier alpha value is -1.34. The Balaban J connectivity index is 2.18. The molecule has 0 amide bonds. The Bertz CT molecular complexity index is 533. The summed E-state index contributed by atoms with van der Waals surface area (Å²) < 4.78 is 42.8. The average Bonchev–Trinajstić information content (AvgIpc) is 2.95. The largest absolute Gasteiger partial charge is 0.467 e. The summed E-state index contributed by atoms with van der Waals surface area (Å²) in [6.45, 7) is 3.36. The number of hydrogen-bond donors (Lipinski definition) is 1. The third kappa shape index (κ3) is 3.36. The molecule has 0 radical (unpaired) electrons. The maximum absolute atomic E-state index is 12.5. The monoisotopic (exact) mass is 290 g/mol. The van der Waals surface area contributed by atoms with Crippen LogP contribution in [0.15, 0.2) is 22.9 Å². The van der Waals surface area contributed by atoms with Crippen LogP contribution in [-0.2, 0) is 12.7 Å². The van der Waals surface area contributed by atoms with Crippen LogP contribution in [0, 0.1) is 0 Å². The molecule has 2 heterocycles. The fourth-order valence-electron chi connectivity index (χ4n) is 1.61. The molecule has 0 saturated heterocycles. The highest BCUT2D eigenvalue weighted by Gasteiger charge is 2.34. The lowest BCUT2D eigenvalue weighted by Gasteiger charge is -2.02. The predicted octanol–water partition coefficient (Wildman–Crippen LogP) is 3.92. The van der Waals surface area contributed by atoms with Gasteiger partial charge in [0.25, 0.3) is 0 Å². The number of nitrogens with zero attached hydrogens (tertiary/aromatic N) is 1. The van der Waals surface area contributed by atoms with Gasteiger partial charge >= 0.3 is 6.18 Å². The molecule has 0 atom stereocenters. The highest BCUT2D eigenvalue weighted by molar-refractivity contribution is 7.15. The molecule has 104 valence electrons. The summed E-state index contributed by atoms with van der Waals surface area (Å²) in [6, 6.07) is 1.66. The quantitative estimate of drug-likeness (QED) is 0.848. The minimum atomic E-state index is -4.40. The molecule has 0 aliphatic carbocycles. The second-order valence-corrected chi connectivity index (χ2v) is 4.99. The van der Waals surface area contributed by atoms with Gasteiger partial charge in [0, 0.05) is 11.8 Å². The van der Waals surface area contributed by atoms with E-state index in [1.165, 1.54) is 12.5 Å². The molecule has 0 fully saturated rings. The minimum Gasteiger partial charge on any atom is -0.467 e. The van der Waals surface area contributed by atoms with Gasteiger partial charge in [-0.15, -0.1) is 11.3 Å². The molecule has 2 aromatic rings. The highest BCUT2D eigenvalue weighted by Crippen LogP contribution is 2.37. The minimum absolute atomic E-state index is 0.467. The van der Waals surface area contributed by atoms with Gasteiger partial charge in [0.1, 0.15) is 5.76 Å². The van der Waals surface area contributed by atoms with Crippen LogP contribution in [0.5, 0.6) is 0 Å². The molecule has 0 spiro atoms. The lowest BCUT2D eigenvalue weighted by atomic mass is 10.2. The van der Waals surface area contributed by atoms with Crippen LogP contribution >= 0.6 is 11.3 Å². The van der Waals surface area contributed by atoms with Crippen molar-refractivity contribution in [2.24, 2.45) is 0 Å². The molecule has 0 bridgehead atoms. The summed E-state index contributed by atoms with van der Waals surface area (Å²) in [5.41, 5.74) is 0.664. The SMILES string of the molecule is CCCNCc1occc1-c1cnc(C(F)(F)F)s1. The number of hydrogen-bond acceptors (Lipinski definition) is 4. The van der Waals surface area contributed by atoms with Crippen LogP contribution in [0.1, 0.15) is 24.1 Å². The third-order valence-corrected chi connectivity index (χ3v) is 3.55. The average molecular weight is 290 g/mol. The zero-order chi connectivity index (χ0) is 13.9. The predicted molar refractivity (Wildman–Crippen MR) is 66.8 cm³/mol. The fraction of sp³-hybridized carbons (Fsp3) is 0.417. The molecule has 2 rings (SSSR count). The maximum Gasteiger partial charge on any atom is 0.443 e. The van der Waals surface area contributed by atoms with Crippen molar-refractivity contribution >= 4 is 11.3 Å². The number of nitrogens with one attached hydrogen (secondary N) is 1. The van der Waals surface area contributed by atoms with Crippen LogP contribution < -0.4 is 5.32 Å². The standard InChI is InChI=1S/C12H13F3N2OS/c1-2-4-16-6-9-8(3-5-18-9)10-7-17-11(19-10)12(13,14)15/h3,5,7,16H,2,4,6H2,1H3. The number of thiazole rings is 1. The zero-order valence-electron chi connectivity index (χ0n) is 10.3. The second-order valence-electron chi connectivity index (χ2n) is 3.96. The molecular formula is C12H13F3N2OS. The van der Waals surface area contributed by atoms with Gasteiger partial charge < -0.3 is 9.73 Å². The van der Waals surface area contributed by atoms with Crippen LogP contribution in [0.4, 0.5) is 13.2 Å². The topological polar surface area (TPSA) is 38.1 Å². The van der Waals surface area contributed by atoms with E-state index in [0.717, 1.165) is 13.0 Å². The van der Waals surface area contributed by atoms with E-state index < -0.39 is 11.2 Å². The summed E-state index contributed by atoms with van der Waals surface area (Å²) in [4.78, 5) is 3.88. The van der Waals surface area contributed by atoms with E-state index in [9.17, 15) is 13.2 Å². The first kappa shape index (κ1) is 14.1. The normalized spacial score (nSPS) is 12.0. The van der Waals surface area contributed by atoms with E-state index in [-0.39, 0.29) is 0 Å². The number of aromatic nitrogens is 1. The summed E-state index contributed by atoms with van der Waals surface area (Å²) in [7, 11) is 0. The van der Waals surface area contributed by atoms with E-state index in [1.54, 1.807) is 6.07 Å². The van der Waals surface area contributed by atoms with Crippen molar-refractivity contribution in [2.45, 2.75) is 26.1 Å². The first-order valence-corrected chi connectivity index (χ1v) is 6.64. The molecule has 0 aliphatic heterocycles. The van der Waals surface area contributed by atoms with Crippen molar-refractivity contribution in [3.05, 3.63) is 29.3 Å². The van der Waals surface area contributed by atoms with E-state index in [1.807, 2.05) is 6.92 Å². The summed E-state index contributed by atoms with van der Waals surface area (Å²) in [6.07, 6.45) is -0.699. The Morgan fingerprint density at radius 3 is 2.84 bits per heavy atom. The van der Waals surface area contributed by atoms with Crippen molar-refractivity contribution in [3.63, 3.8) is 0 Å². The molecule has 3 nitrogen and oxygen atoms in total. The van der Waals surface area contributed by atoms with Crippen molar-refractivity contribution in [2.75, 3.05) is 6.54 Å². The van der Waals surface area contributed by atoms with Gasteiger partial charge in [-0.25, -0.2) is 4.98 Å². The molecule has 2 aromatic heterocycles. The summed E-state index contributed by atoms with van der Waals surface area (Å²) in [5, 5.41) is 2.32. The van der Waals surface area contributed by atoms with Crippen molar-refractivity contribution < 1.29 is 17.6 Å². The van der Waals surface area contributed by atoms with E-state index in [0.29, 0.717) is 34.1 Å². The summed E-state index contributed by atoms with van der Waals surface area (Å²) >= 11 is 0.627. The first-order chi connectivity index (χ1) is 9.02. The second kappa shape index (κ2) is 5.75. The molecule has 0 unspecified atom stereocenters. The van der Waals surface area contributed by atoms with Crippen LogP contribution in [0.2, 0.25) is 0 Å². The van der Waals surface area contributed by atoms with E-state index in [2.05, 4.69) is 10.3 Å². The maximum atomic E-state index is 12.5. The van der Waals surface area contributed by atoms with Crippen molar-refractivity contribution in [1.82, 2.24) is 10.3 Å². The van der Waals surface area contributed by atoms with Gasteiger partial charge in [-0.05, 0) is 19.0 Å². The molecule has 0 aromatic carbocycles. The molecule has 1 N–H and O–H groups in total. The molecular weight excluding hydrogens is 277 g/mol. The Kier molecular flexibility index (Phi) is 4.26. The molecule has 0 saturated carbocycles. The van der Waals surface area contributed by atoms with Gasteiger partial charge in [-0.2, -0.15) is 13.2 Å². The third-order valence-electron chi connectivity index (χ3n) is 2.47. The van der Waals surface area contributed by atoms with E-state index in [4.69, 9.17) is 4.42 Å². The number of rotatable bonds is 5. The van der Waals surface area contributed by atoms with Gasteiger partial charge in [-0.1, -0.05) is 6.92 Å². The van der Waals surface area contributed by atoms with Gasteiger partial charge in [0.05, 0.1) is 17.7 Å². The van der Waals surface area contributed by atoms with Crippen molar-refractivity contribution in [3.8, 4) is 10.4 Å². The highest BCUT2D eigenvalue weighted by atomic mass is 32.1. The van der Waals surface area contributed by atoms with Gasteiger partial charge in [0.2, 0.25) is 0 Å². The lowest BCUT2D eigenvalue weighted by molar-refractivity contribution is -0.137. The Morgan fingerprint density at radius 2 is 2.21 bits per heavy atom. The van der Waals surface area contributed by atoms with Gasteiger partial charge in [0.15, 0.2) is 5.01 Å². The molecule has 7 heteroatoms. The van der Waals surface area contributed by atoms with Crippen molar-refractivity contribution in [1.29, 1.82) is 0 Å². The smallest absolute Gasteiger partial charge is 0.443 e. The zero-order valence-corrected chi connectivity index (χ0v) is 11.1. The van der Waals surface area contributed by atoms with Crippen LogP contribution in [-0.4, -0.2) is 11.5 Å². The van der Waals surface area contributed by atoms with Crippen LogP contribution in [0.25, 0.3) is 10.4 Å². The number of alkyl halides is 3. The number of furan rings is 1. The van der Waals surface area contributed by atoms with Gasteiger partial charge in [-0.3, -0.25) is 0 Å². The summed E-state index contributed by atoms with van der Waals surface area (Å²) in [5.74, 6) is 0.630.